The summed E-state index contributed by atoms with van der Waals surface area (Å²) in [5.74, 6) is -1.02. The zero-order chi connectivity index (χ0) is 21.4. The van der Waals surface area contributed by atoms with Crippen LogP contribution in [0.3, 0.4) is 0 Å². The molecule has 2 amide bonds. The SMILES string of the molecule is CC(C)(C(=O)NCc1ccc(C(F)(F)F)cc1)N1C(=O)CC1c1ccc(F)cc1. The third-order valence-electron chi connectivity index (χ3n) is 5.10. The largest absolute Gasteiger partial charge is 0.416 e. The first kappa shape index (κ1) is 20.8. The monoisotopic (exact) mass is 408 g/mol. The number of nitrogens with one attached hydrogen (secondary N) is 1. The average molecular weight is 408 g/mol. The zero-order valence-corrected chi connectivity index (χ0v) is 15.9. The Morgan fingerprint density at radius 2 is 1.66 bits per heavy atom. The maximum Gasteiger partial charge on any atom is 0.416 e. The molecule has 0 saturated carbocycles. The fraction of sp³-hybridized carbons (Fsp3) is 0.333. The molecule has 29 heavy (non-hydrogen) atoms. The summed E-state index contributed by atoms with van der Waals surface area (Å²) >= 11 is 0. The molecule has 4 nitrogen and oxygen atoms in total. The Balaban J connectivity index is 1.67. The summed E-state index contributed by atoms with van der Waals surface area (Å²) in [6, 6.07) is 9.92. The summed E-state index contributed by atoms with van der Waals surface area (Å²) in [6.07, 6.45) is -4.20. The molecule has 2 aromatic rings. The van der Waals surface area contributed by atoms with E-state index in [9.17, 15) is 27.2 Å². The summed E-state index contributed by atoms with van der Waals surface area (Å²) in [5.41, 5.74) is -0.705. The predicted molar refractivity (Wildman–Crippen MR) is 98.0 cm³/mol. The number of hydrogen-bond acceptors (Lipinski definition) is 2. The second-order valence-electron chi connectivity index (χ2n) is 7.47. The molecule has 154 valence electrons. The van der Waals surface area contributed by atoms with Gasteiger partial charge >= 0.3 is 6.18 Å². The van der Waals surface area contributed by atoms with Crippen molar-refractivity contribution >= 4 is 11.8 Å². The maximum absolute atomic E-state index is 13.2. The van der Waals surface area contributed by atoms with E-state index >= 15 is 0 Å². The Labute approximate surface area is 165 Å². The molecule has 8 heteroatoms. The van der Waals surface area contributed by atoms with Crippen molar-refractivity contribution in [2.24, 2.45) is 0 Å². The van der Waals surface area contributed by atoms with E-state index in [2.05, 4.69) is 5.32 Å². The third kappa shape index (κ3) is 4.26. The van der Waals surface area contributed by atoms with Crippen molar-refractivity contribution in [2.45, 2.75) is 44.6 Å². The van der Waals surface area contributed by atoms with Crippen LogP contribution >= 0.6 is 0 Å². The lowest BCUT2D eigenvalue weighted by Gasteiger charge is -2.49. The van der Waals surface area contributed by atoms with E-state index in [0.717, 1.165) is 17.7 Å². The minimum Gasteiger partial charge on any atom is -0.350 e. The molecule has 0 aliphatic carbocycles. The predicted octanol–water partition coefficient (Wildman–Crippen LogP) is 4.21. The van der Waals surface area contributed by atoms with Crippen molar-refractivity contribution in [2.75, 3.05) is 0 Å². The van der Waals surface area contributed by atoms with Gasteiger partial charge in [0.2, 0.25) is 11.8 Å². The van der Waals surface area contributed by atoms with Crippen LogP contribution in [0.2, 0.25) is 0 Å². The first-order valence-corrected chi connectivity index (χ1v) is 9.02. The highest BCUT2D eigenvalue weighted by Gasteiger charge is 2.49. The third-order valence-corrected chi connectivity index (χ3v) is 5.10. The van der Waals surface area contributed by atoms with Crippen molar-refractivity contribution < 1.29 is 27.2 Å². The van der Waals surface area contributed by atoms with Crippen LogP contribution in [0.4, 0.5) is 17.6 Å². The Morgan fingerprint density at radius 1 is 1.07 bits per heavy atom. The molecule has 1 fully saturated rings. The van der Waals surface area contributed by atoms with Crippen LogP contribution in [0.5, 0.6) is 0 Å². The Morgan fingerprint density at radius 3 is 2.17 bits per heavy atom. The summed E-state index contributed by atoms with van der Waals surface area (Å²) in [7, 11) is 0. The highest BCUT2D eigenvalue weighted by molar-refractivity contribution is 5.94. The van der Waals surface area contributed by atoms with Crippen LogP contribution in [0.1, 0.15) is 43.0 Å². The van der Waals surface area contributed by atoms with E-state index in [1.165, 1.54) is 29.2 Å². The number of alkyl halides is 3. The van der Waals surface area contributed by atoms with Crippen LogP contribution < -0.4 is 5.32 Å². The standard InChI is InChI=1S/C21H20F4N2O2/c1-20(2,27-17(11-18(27)28)14-5-9-16(22)10-6-14)19(29)26-12-13-3-7-15(8-4-13)21(23,24)25/h3-10,17H,11-12H2,1-2H3,(H,26,29). The molecule has 1 N–H and O–H groups in total. The van der Waals surface area contributed by atoms with Crippen molar-refractivity contribution in [3.8, 4) is 0 Å². The Kier molecular flexibility index (Phi) is 5.38. The van der Waals surface area contributed by atoms with E-state index in [1.54, 1.807) is 26.0 Å². The van der Waals surface area contributed by atoms with Crippen molar-refractivity contribution in [1.29, 1.82) is 0 Å². The van der Waals surface area contributed by atoms with Gasteiger partial charge in [-0.05, 0) is 49.2 Å². The molecule has 0 aromatic heterocycles. The highest BCUT2D eigenvalue weighted by atomic mass is 19.4. The average Bonchev–Trinajstić information content (AvgIpc) is 2.64. The number of amides is 2. The van der Waals surface area contributed by atoms with Gasteiger partial charge in [-0.1, -0.05) is 24.3 Å². The fourth-order valence-electron chi connectivity index (χ4n) is 3.39. The van der Waals surface area contributed by atoms with Gasteiger partial charge < -0.3 is 10.2 Å². The quantitative estimate of drug-likeness (QED) is 0.595. The number of hydrogen-bond donors (Lipinski definition) is 1. The van der Waals surface area contributed by atoms with E-state index in [-0.39, 0.29) is 30.7 Å². The normalized spacial score (nSPS) is 17.1. The summed E-state index contributed by atoms with van der Waals surface area (Å²) in [6.45, 7) is 3.23. The minimum atomic E-state index is -4.42. The van der Waals surface area contributed by atoms with E-state index < -0.39 is 23.2 Å². The molecule has 1 atom stereocenters. The van der Waals surface area contributed by atoms with E-state index in [1.807, 2.05) is 0 Å². The number of rotatable bonds is 5. The van der Waals surface area contributed by atoms with Crippen LogP contribution in [-0.2, 0) is 22.3 Å². The lowest BCUT2D eigenvalue weighted by atomic mass is 9.86. The second kappa shape index (κ2) is 7.50. The van der Waals surface area contributed by atoms with Crippen molar-refractivity contribution in [3.05, 3.63) is 71.0 Å². The molecule has 1 saturated heterocycles. The first-order chi connectivity index (χ1) is 13.5. The molecule has 1 aliphatic heterocycles. The van der Waals surface area contributed by atoms with Gasteiger partial charge in [0, 0.05) is 6.54 Å². The van der Waals surface area contributed by atoms with Gasteiger partial charge in [0.1, 0.15) is 11.4 Å². The van der Waals surface area contributed by atoms with Gasteiger partial charge in [0.25, 0.3) is 0 Å². The molecule has 1 aliphatic rings. The highest BCUT2D eigenvalue weighted by Crippen LogP contribution is 2.40. The Hall–Kier alpha value is -2.90. The molecule has 1 heterocycles. The van der Waals surface area contributed by atoms with Gasteiger partial charge in [-0.2, -0.15) is 13.2 Å². The van der Waals surface area contributed by atoms with Crippen LogP contribution in [0.25, 0.3) is 0 Å². The van der Waals surface area contributed by atoms with Crippen molar-refractivity contribution in [3.63, 3.8) is 0 Å². The molecule has 0 radical (unpaired) electrons. The second-order valence-corrected chi connectivity index (χ2v) is 7.47. The summed E-state index contributed by atoms with van der Waals surface area (Å²) in [5, 5.41) is 2.67. The fourth-order valence-corrected chi connectivity index (χ4v) is 3.39. The van der Waals surface area contributed by atoms with Gasteiger partial charge in [0.15, 0.2) is 0 Å². The minimum absolute atomic E-state index is 0.0314. The number of carbonyl (C=O) groups is 2. The van der Waals surface area contributed by atoms with Gasteiger partial charge in [-0.15, -0.1) is 0 Å². The number of β-lactam (4-membered cyclic amide) rings is 1. The molecular formula is C21H20F4N2O2. The van der Waals surface area contributed by atoms with Crippen LogP contribution in [-0.4, -0.2) is 22.3 Å². The van der Waals surface area contributed by atoms with Crippen LogP contribution in [0.15, 0.2) is 48.5 Å². The number of benzene rings is 2. The molecule has 2 aromatic carbocycles. The van der Waals surface area contributed by atoms with Gasteiger partial charge in [0.05, 0.1) is 18.0 Å². The number of likely N-dealkylation sites (tertiary alicyclic amines) is 1. The summed E-state index contributed by atoms with van der Waals surface area (Å²) in [4.78, 5) is 26.4. The van der Waals surface area contributed by atoms with E-state index in [0.29, 0.717) is 5.56 Å². The van der Waals surface area contributed by atoms with Gasteiger partial charge in [-0.25, -0.2) is 4.39 Å². The number of nitrogens with zero attached hydrogens (tertiary/aromatic N) is 1. The number of carbonyl (C=O) groups excluding carboxylic acids is 2. The molecule has 0 spiro atoms. The van der Waals surface area contributed by atoms with Crippen molar-refractivity contribution in [1.82, 2.24) is 10.2 Å². The number of halogens is 4. The van der Waals surface area contributed by atoms with Crippen LogP contribution in [0, 0.1) is 5.82 Å². The van der Waals surface area contributed by atoms with Gasteiger partial charge in [-0.3, -0.25) is 9.59 Å². The van der Waals surface area contributed by atoms with E-state index in [4.69, 9.17) is 0 Å². The Bertz CT molecular complexity index is 906. The molecule has 0 bridgehead atoms. The maximum atomic E-state index is 13.2. The molecule has 3 rings (SSSR count). The smallest absolute Gasteiger partial charge is 0.350 e. The molecule has 1 unspecified atom stereocenters. The topological polar surface area (TPSA) is 49.4 Å². The molecular weight excluding hydrogens is 388 g/mol. The zero-order valence-electron chi connectivity index (χ0n) is 15.9. The lowest BCUT2D eigenvalue weighted by Crippen LogP contribution is -2.63. The first-order valence-electron chi connectivity index (χ1n) is 9.02. The summed E-state index contributed by atoms with van der Waals surface area (Å²) < 4.78 is 51.0. The lowest BCUT2D eigenvalue weighted by molar-refractivity contribution is -0.162.